The van der Waals surface area contributed by atoms with E-state index >= 15 is 0 Å². The number of para-hydroxylation sites is 1. The van der Waals surface area contributed by atoms with Crippen LogP contribution < -0.4 is 5.43 Å². The second-order valence-corrected chi connectivity index (χ2v) is 4.57. The van der Waals surface area contributed by atoms with Crippen molar-refractivity contribution in [2.45, 2.75) is 13.8 Å². The number of aryl methyl sites for hydroxylation is 1. The molecule has 0 saturated carbocycles. The molecule has 108 valence electrons. The van der Waals surface area contributed by atoms with Crippen LogP contribution in [0.5, 0.6) is 5.75 Å². The van der Waals surface area contributed by atoms with Crippen molar-refractivity contribution in [1.29, 1.82) is 10.5 Å². The van der Waals surface area contributed by atoms with E-state index in [0.717, 1.165) is 0 Å². The van der Waals surface area contributed by atoms with Crippen LogP contribution in [-0.4, -0.2) is 16.3 Å². The zero-order valence-electron chi connectivity index (χ0n) is 12.1. The van der Waals surface area contributed by atoms with E-state index in [1.54, 1.807) is 38.1 Å². The molecule has 0 saturated heterocycles. The minimum absolute atomic E-state index is 0.0966. The van der Waals surface area contributed by atoms with Gasteiger partial charge in [0.15, 0.2) is 5.82 Å². The molecule has 6 nitrogen and oxygen atoms in total. The fourth-order valence-corrected chi connectivity index (χ4v) is 1.88. The van der Waals surface area contributed by atoms with E-state index < -0.39 is 0 Å². The number of rotatable bonds is 3. The monoisotopic (exact) mass is 291 g/mol. The molecule has 2 N–H and O–H groups in total. The maximum atomic E-state index is 9.64. The SMILES string of the molecule is Cc1nc(N/N=C/c2ccccc2O)c(C#N)c(C#N)c1C. The van der Waals surface area contributed by atoms with Gasteiger partial charge in [0.25, 0.3) is 0 Å². The number of nitrogens with one attached hydrogen (secondary N) is 1. The van der Waals surface area contributed by atoms with Crippen molar-refractivity contribution in [3.8, 4) is 17.9 Å². The number of benzene rings is 1. The van der Waals surface area contributed by atoms with E-state index in [1.807, 2.05) is 12.1 Å². The van der Waals surface area contributed by atoms with E-state index in [2.05, 4.69) is 15.5 Å². The third-order valence-electron chi connectivity index (χ3n) is 3.22. The second-order valence-electron chi connectivity index (χ2n) is 4.57. The molecule has 0 amide bonds. The highest BCUT2D eigenvalue weighted by molar-refractivity contribution is 5.83. The molecule has 0 radical (unpaired) electrons. The van der Waals surface area contributed by atoms with E-state index in [9.17, 15) is 15.6 Å². The number of anilines is 1. The highest BCUT2D eigenvalue weighted by Crippen LogP contribution is 2.22. The number of nitrogens with zero attached hydrogens (tertiary/aromatic N) is 4. The van der Waals surface area contributed by atoms with Crippen LogP contribution in [-0.2, 0) is 0 Å². The van der Waals surface area contributed by atoms with Crippen molar-refractivity contribution in [3.63, 3.8) is 0 Å². The minimum Gasteiger partial charge on any atom is -0.507 e. The summed E-state index contributed by atoms with van der Waals surface area (Å²) in [6, 6.07) is 10.7. The topological polar surface area (TPSA) is 105 Å². The van der Waals surface area contributed by atoms with Crippen LogP contribution in [0.2, 0.25) is 0 Å². The van der Waals surface area contributed by atoms with E-state index in [4.69, 9.17) is 0 Å². The van der Waals surface area contributed by atoms with Gasteiger partial charge < -0.3 is 5.11 Å². The van der Waals surface area contributed by atoms with Gasteiger partial charge in [0, 0.05) is 11.3 Å². The summed E-state index contributed by atoms with van der Waals surface area (Å²) in [5.41, 5.74) is 4.95. The van der Waals surface area contributed by atoms with Gasteiger partial charge in [-0.2, -0.15) is 15.6 Å². The quantitative estimate of drug-likeness (QED) is 0.668. The maximum Gasteiger partial charge on any atom is 0.165 e. The van der Waals surface area contributed by atoms with Crippen molar-refractivity contribution in [2.24, 2.45) is 5.10 Å². The molecule has 0 spiro atoms. The summed E-state index contributed by atoms with van der Waals surface area (Å²) in [5.74, 6) is 0.313. The molecule has 1 aromatic carbocycles. The number of hydrogen-bond acceptors (Lipinski definition) is 6. The summed E-state index contributed by atoms with van der Waals surface area (Å²) in [5, 5.41) is 32.0. The van der Waals surface area contributed by atoms with E-state index in [-0.39, 0.29) is 22.7 Å². The van der Waals surface area contributed by atoms with Crippen molar-refractivity contribution in [1.82, 2.24) is 4.98 Å². The van der Waals surface area contributed by atoms with Crippen LogP contribution in [0.3, 0.4) is 0 Å². The van der Waals surface area contributed by atoms with Gasteiger partial charge in [-0.1, -0.05) is 12.1 Å². The second kappa shape index (κ2) is 6.38. The minimum atomic E-state index is 0.0966. The first-order valence-corrected chi connectivity index (χ1v) is 6.47. The van der Waals surface area contributed by atoms with Gasteiger partial charge in [0.2, 0.25) is 0 Å². The first kappa shape index (κ1) is 15.0. The summed E-state index contributed by atoms with van der Waals surface area (Å²) < 4.78 is 0. The highest BCUT2D eigenvalue weighted by atomic mass is 16.3. The van der Waals surface area contributed by atoms with Crippen LogP contribution in [0.15, 0.2) is 29.4 Å². The lowest BCUT2D eigenvalue weighted by atomic mass is 10.0. The Morgan fingerprint density at radius 1 is 1.18 bits per heavy atom. The predicted molar refractivity (Wildman–Crippen MR) is 82.5 cm³/mol. The molecular weight excluding hydrogens is 278 g/mol. The lowest BCUT2D eigenvalue weighted by Crippen LogP contribution is -2.04. The molecule has 0 fully saturated rings. The fourth-order valence-electron chi connectivity index (χ4n) is 1.88. The first-order valence-electron chi connectivity index (χ1n) is 6.47. The Morgan fingerprint density at radius 3 is 2.50 bits per heavy atom. The number of pyridine rings is 1. The Balaban J connectivity index is 2.35. The zero-order chi connectivity index (χ0) is 16.1. The Kier molecular flexibility index (Phi) is 4.36. The number of nitriles is 2. The molecule has 2 aromatic rings. The molecule has 0 bridgehead atoms. The summed E-state index contributed by atoms with van der Waals surface area (Å²) in [4.78, 5) is 4.24. The van der Waals surface area contributed by atoms with Crippen LogP contribution >= 0.6 is 0 Å². The largest absolute Gasteiger partial charge is 0.507 e. The number of phenolic OH excluding ortho intramolecular Hbond substituents is 1. The normalized spacial score (nSPS) is 10.2. The summed E-state index contributed by atoms with van der Waals surface area (Å²) >= 11 is 0. The van der Waals surface area contributed by atoms with Crippen molar-refractivity contribution < 1.29 is 5.11 Å². The Labute approximate surface area is 128 Å². The fraction of sp³-hybridized carbons (Fsp3) is 0.125. The molecular formula is C16H13N5O. The Morgan fingerprint density at radius 2 is 1.86 bits per heavy atom. The van der Waals surface area contributed by atoms with Crippen LogP contribution in [0, 0.1) is 36.5 Å². The molecule has 0 aliphatic carbocycles. The average molecular weight is 291 g/mol. The molecule has 22 heavy (non-hydrogen) atoms. The summed E-state index contributed by atoms with van der Waals surface area (Å²) in [6.45, 7) is 3.51. The molecule has 6 heteroatoms. The lowest BCUT2D eigenvalue weighted by molar-refractivity contribution is 0.474. The molecule has 0 unspecified atom stereocenters. The smallest absolute Gasteiger partial charge is 0.165 e. The molecule has 1 heterocycles. The third kappa shape index (κ3) is 2.87. The van der Waals surface area contributed by atoms with Gasteiger partial charge in [0.1, 0.15) is 23.5 Å². The van der Waals surface area contributed by atoms with Gasteiger partial charge in [-0.25, -0.2) is 4.98 Å². The molecule has 0 atom stereocenters. The molecule has 0 aliphatic rings. The number of aromatic nitrogens is 1. The third-order valence-corrected chi connectivity index (χ3v) is 3.22. The Bertz CT molecular complexity index is 828. The number of aromatic hydroxyl groups is 1. The van der Waals surface area contributed by atoms with E-state index in [1.165, 1.54) is 6.21 Å². The maximum absolute atomic E-state index is 9.64. The van der Waals surface area contributed by atoms with Crippen LogP contribution in [0.1, 0.15) is 27.9 Å². The number of hydrazone groups is 1. The Hall–Kier alpha value is -3.38. The highest BCUT2D eigenvalue weighted by Gasteiger charge is 2.14. The van der Waals surface area contributed by atoms with Gasteiger partial charge in [-0.3, -0.25) is 5.43 Å². The predicted octanol–water partition coefficient (Wildman–Crippen LogP) is 2.59. The van der Waals surface area contributed by atoms with E-state index in [0.29, 0.717) is 16.8 Å². The molecule has 0 aliphatic heterocycles. The van der Waals surface area contributed by atoms with Gasteiger partial charge in [-0.05, 0) is 31.5 Å². The van der Waals surface area contributed by atoms with Gasteiger partial charge in [0.05, 0.1) is 11.8 Å². The van der Waals surface area contributed by atoms with Gasteiger partial charge >= 0.3 is 0 Å². The molecule has 1 aromatic heterocycles. The standard InChI is InChI=1S/C16H13N5O/c1-10-11(2)20-16(14(8-18)13(10)7-17)21-19-9-12-5-3-4-6-15(12)22/h3-6,9,22H,1-2H3,(H,20,21)/b19-9+. The lowest BCUT2D eigenvalue weighted by Gasteiger charge is -2.09. The summed E-state index contributed by atoms with van der Waals surface area (Å²) in [7, 11) is 0. The van der Waals surface area contributed by atoms with Crippen molar-refractivity contribution >= 4 is 12.0 Å². The van der Waals surface area contributed by atoms with Gasteiger partial charge in [-0.15, -0.1) is 0 Å². The van der Waals surface area contributed by atoms with Crippen LogP contribution in [0.25, 0.3) is 0 Å². The van der Waals surface area contributed by atoms with Crippen molar-refractivity contribution in [2.75, 3.05) is 5.43 Å². The zero-order valence-corrected chi connectivity index (χ0v) is 12.1. The average Bonchev–Trinajstić information content (AvgIpc) is 2.52. The number of hydrogen-bond donors (Lipinski definition) is 2. The first-order chi connectivity index (χ1) is 10.6. The summed E-state index contributed by atoms with van der Waals surface area (Å²) in [6.07, 6.45) is 1.42. The number of phenols is 1. The molecule has 2 rings (SSSR count). The van der Waals surface area contributed by atoms with Crippen molar-refractivity contribution in [3.05, 3.63) is 52.2 Å². The van der Waals surface area contributed by atoms with Crippen LogP contribution in [0.4, 0.5) is 5.82 Å².